The molecule has 0 spiro atoms. The van der Waals surface area contributed by atoms with E-state index in [0.29, 0.717) is 12.0 Å². The van der Waals surface area contributed by atoms with Crippen LogP contribution in [0.2, 0.25) is 0 Å². The summed E-state index contributed by atoms with van der Waals surface area (Å²) in [6.45, 7) is 4.33. The molecular formula is C19H28O2. The van der Waals surface area contributed by atoms with Gasteiger partial charge in [-0.15, -0.1) is 0 Å². The van der Waals surface area contributed by atoms with Gasteiger partial charge in [-0.1, -0.05) is 70.2 Å². The zero-order valence-electron chi connectivity index (χ0n) is 13.5. The van der Waals surface area contributed by atoms with Crippen molar-refractivity contribution in [2.45, 2.75) is 71.6 Å². The van der Waals surface area contributed by atoms with Crippen molar-refractivity contribution >= 4 is 11.6 Å². The second-order valence-corrected chi connectivity index (χ2v) is 5.72. The maximum atomic E-state index is 12.0. The number of unbranched alkanes of at least 4 members (excludes halogenated alkanes) is 5. The molecule has 0 atom stereocenters. The van der Waals surface area contributed by atoms with Crippen molar-refractivity contribution in [2.24, 2.45) is 0 Å². The molecule has 0 N–H and O–H groups in total. The number of benzene rings is 1. The van der Waals surface area contributed by atoms with Gasteiger partial charge in [-0.3, -0.25) is 9.59 Å². The first-order valence-corrected chi connectivity index (χ1v) is 8.35. The van der Waals surface area contributed by atoms with Crippen molar-refractivity contribution in [3.8, 4) is 0 Å². The third-order valence-electron chi connectivity index (χ3n) is 3.80. The lowest BCUT2D eigenvalue weighted by molar-refractivity contribution is -0.115. The lowest BCUT2D eigenvalue weighted by atomic mass is 10.00. The number of aryl methyl sites for hydroxylation is 1. The molecule has 0 unspecified atom stereocenters. The Morgan fingerprint density at radius 1 is 0.810 bits per heavy atom. The highest BCUT2D eigenvalue weighted by Gasteiger charge is 2.15. The Morgan fingerprint density at radius 3 is 2.05 bits per heavy atom. The van der Waals surface area contributed by atoms with Crippen molar-refractivity contribution in [2.75, 3.05) is 0 Å². The van der Waals surface area contributed by atoms with Crippen LogP contribution in [-0.2, 0) is 11.2 Å². The van der Waals surface area contributed by atoms with E-state index in [1.807, 2.05) is 12.1 Å². The van der Waals surface area contributed by atoms with Gasteiger partial charge in [0.05, 0.1) is 0 Å². The predicted octanol–water partition coefficient (Wildman–Crippen LogP) is 5.14. The number of Topliss-reactive ketones (excluding diaryl/α,β-unsaturated/α-hetero) is 2. The van der Waals surface area contributed by atoms with E-state index in [4.69, 9.17) is 0 Å². The molecule has 2 nitrogen and oxygen atoms in total. The molecule has 0 amide bonds. The number of rotatable bonds is 11. The van der Waals surface area contributed by atoms with Crippen LogP contribution in [-0.4, -0.2) is 11.6 Å². The summed E-state index contributed by atoms with van der Waals surface area (Å²) in [6, 6.07) is 7.53. The van der Waals surface area contributed by atoms with Gasteiger partial charge in [0.25, 0.3) is 0 Å². The Morgan fingerprint density at radius 2 is 1.43 bits per heavy atom. The number of hydrogen-bond acceptors (Lipinski definition) is 2. The van der Waals surface area contributed by atoms with E-state index in [1.54, 1.807) is 12.1 Å². The van der Waals surface area contributed by atoms with Crippen molar-refractivity contribution in [3.63, 3.8) is 0 Å². The molecule has 0 saturated heterocycles. The molecule has 0 aliphatic heterocycles. The molecule has 2 heteroatoms. The summed E-state index contributed by atoms with van der Waals surface area (Å²) in [5.74, 6) is -0.569. The maximum Gasteiger partial charge on any atom is 0.228 e. The lowest BCUT2D eigenvalue weighted by Crippen LogP contribution is -2.13. The molecule has 0 radical (unpaired) electrons. The van der Waals surface area contributed by atoms with E-state index in [2.05, 4.69) is 13.8 Å². The second kappa shape index (κ2) is 10.3. The maximum absolute atomic E-state index is 12.0. The Kier molecular flexibility index (Phi) is 8.65. The van der Waals surface area contributed by atoms with E-state index in [-0.39, 0.29) is 11.6 Å². The summed E-state index contributed by atoms with van der Waals surface area (Å²) in [4.78, 5) is 23.9. The largest absolute Gasteiger partial charge is 0.290 e. The van der Waals surface area contributed by atoms with E-state index in [0.717, 1.165) is 38.5 Å². The lowest BCUT2D eigenvalue weighted by Gasteiger charge is -2.03. The number of hydrogen-bond donors (Lipinski definition) is 0. The van der Waals surface area contributed by atoms with Gasteiger partial charge in [0.2, 0.25) is 11.6 Å². The molecule has 116 valence electrons. The van der Waals surface area contributed by atoms with Crippen LogP contribution in [0.1, 0.15) is 81.1 Å². The smallest absolute Gasteiger partial charge is 0.228 e. The van der Waals surface area contributed by atoms with Gasteiger partial charge >= 0.3 is 0 Å². The number of carbonyl (C=O) groups is 2. The molecule has 0 bridgehead atoms. The quantitative estimate of drug-likeness (QED) is 0.321. The SMILES string of the molecule is CCCCCCCC(=O)C(=O)c1ccc(CCCC)cc1. The Bertz CT molecular complexity index is 431. The second-order valence-electron chi connectivity index (χ2n) is 5.72. The van der Waals surface area contributed by atoms with Gasteiger partial charge in [-0.2, -0.15) is 0 Å². The van der Waals surface area contributed by atoms with Crippen LogP contribution in [0.25, 0.3) is 0 Å². The number of carbonyl (C=O) groups excluding carboxylic acids is 2. The van der Waals surface area contributed by atoms with Crippen molar-refractivity contribution < 1.29 is 9.59 Å². The van der Waals surface area contributed by atoms with Crippen LogP contribution in [0.5, 0.6) is 0 Å². The summed E-state index contributed by atoms with van der Waals surface area (Å²) in [6.07, 6.45) is 9.18. The van der Waals surface area contributed by atoms with Gasteiger partial charge in [-0.05, 0) is 24.8 Å². The Hall–Kier alpha value is -1.44. The third-order valence-corrected chi connectivity index (χ3v) is 3.80. The first-order valence-electron chi connectivity index (χ1n) is 8.35. The van der Waals surface area contributed by atoms with Gasteiger partial charge in [0.1, 0.15) is 0 Å². The molecule has 0 aliphatic rings. The van der Waals surface area contributed by atoms with E-state index >= 15 is 0 Å². The Labute approximate surface area is 128 Å². The highest BCUT2D eigenvalue weighted by Crippen LogP contribution is 2.11. The van der Waals surface area contributed by atoms with Crippen LogP contribution < -0.4 is 0 Å². The monoisotopic (exact) mass is 288 g/mol. The van der Waals surface area contributed by atoms with Crippen LogP contribution in [0.4, 0.5) is 0 Å². The summed E-state index contributed by atoms with van der Waals surface area (Å²) >= 11 is 0. The van der Waals surface area contributed by atoms with Crippen LogP contribution >= 0.6 is 0 Å². The standard InChI is InChI=1S/C19H28O2/c1-3-5-7-8-9-11-18(20)19(21)17-14-12-16(13-15-17)10-6-4-2/h12-15H,3-11H2,1-2H3. The molecule has 0 heterocycles. The molecule has 1 rings (SSSR count). The molecule has 0 fully saturated rings. The highest BCUT2D eigenvalue weighted by molar-refractivity contribution is 6.43. The van der Waals surface area contributed by atoms with Crippen LogP contribution in [0, 0.1) is 0 Å². The zero-order valence-corrected chi connectivity index (χ0v) is 13.5. The predicted molar refractivity (Wildman–Crippen MR) is 87.8 cm³/mol. The fourth-order valence-corrected chi connectivity index (χ4v) is 2.37. The molecule has 0 aliphatic carbocycles. The topological polar surface area (TPSA) is 34.1 Å². The molecular weight excluding hydrogens is 260 g/mol. The first kappa shape index (κ1) is 17.6. The summed E-state index contributed by atoms with van der Waals surface area (Å²) < 4.78 is 0. The molecule has 21 heavy (non-hydrogen) atoms. The molecule has 1 aromatic carbocycles. The van der Waals surface area contributed by atoms with Crippen molar-refractivity contribution in [1.82, 2.24) is 0 Å². The van der Waals surface area contributed by atoms with E-state index < -0.39 is 0 Å². The summed E-state index contributed by atoms with van der Waals surface area (Å²) in [7, 11) is 0. The Balaban J connectivity index is 2.41. The van der Waals surface area contributed by atoms with Gasteiger partial charge in [0.15, 0.2) is 0 Å². The zero-order chi connectivity index (χ0) is 15.5. The number of ketones is 2. The van der Waals surface area contributed by atoms with E-state index in [1.165, 1.54) is 18.4 Å². The van der Waals surface area contributed by atoms with E-state index in [9.17, 15) is 9.59 Å². The van der Waals surface area contributed by atoms with Crippen LogP contribution in [0.3, 0.4) is 0 Å². The van der Waals surface area contributed by atoms with Gasteiger partial charge < -0.3 is 0 Å². The van der Waals surface area contributed by atoms with Gasteiger partial charge in [0, 0.05) is 12.0 Å². The molecule has 0 aromatic heterocycles. The minimum atomic E-state index is -0.326. The first-order chi connectivity index (χ1) is 10.2. The minimum Gasteiger partial charge on any atom is -0.290 e. The highest BCUT2D eigenvalue weighted by atomic mass is 16.2. The summed E-state index contributed by atoms with van der Waals surface area (Å²) in [5, 5.41) is 0. The average molecular weight is 288 g/mol. The van der Waals surface area contributed by atoms with Gasteiger partial charge in [-0.25, -0.2) is 0 Å². The van der Waals surface area contributed by atoms with Crippen LogP contribution in [0.15, 0.2) is 24.3 Å². The minimum absolute atomic E-state index is 0.243. The van der Waals surface area contributed by atoms with Crippen molar-refractivity contribution in [1.29, 1.82) is 0 Å². The normalized spacial score (nSPS) is 10.6. The fourth-order valence-electron chi connectivity index (χ4n) is 2.37. The molecule has 0 saturated carbocycles. The average Bonchev–Trinajstić information content (AvgIpc) is 2.52. The third kappa shape index (κ3) is 6.70. The fraction of sp³-hybridized carbons (Fsp3) is 0.579. The summed E-state index contributed by atoms with van der Waals surface area (Å²) in [5.41, 5.74) is 1.77. The molecule has 1 aromatic rings. The van der Waals surface area contributed by atoms with Crippen molar-refractivity contribution in [3.05, 3.63) is 35.4 Å².